The Balaban J connectivity index is 2.03. The van der Waals surface area contributed by atoms with Gasteiger partial charge in [-0.3, -0.25) is 9.59 Å². The summed E-state index contributed by atoms with van der Waals surface area (Å²) >= 11 is 3.62. The van der Waals surface area contributed by atoms with Crippen molar-refractivity contribution in [1.82, 2.24) is 4.90 Å². The van der Waals surface area contributed by atoms with Crippen LogP contribution in [0.2, 0.25) is 0 Å². The molecule has 4 rings (SSSR count). The number of allylic oxidation sites excluding steroid dienone is 4. The molecule has 0 saturated heterocycles. The molecule has 0 amide bonds. The van der Waals surface area contributed by atoms with E-state index in [0.717, 1.165) is 5.56 Å². The van der Waals surface area contributed by atoms with Gasteiger partial charge in [0, 0.05) is 41.3 Å². The molecule has 1 aromatic rings. The Morgan fingerprint density at radius 2 is 1.46 bits per heavy atom. The number of ether oxygens (including phenoxy) is 2. The van der Waals surface area contributed by atoms with E-state index < -0.39 is 18.4 Å². The number of carbonyl (C=O) groups excluding carboxylic acids is 3. The minimum absolute atomic E-state index is 0.0632. The zero-order valence-corrected chi connectivity index (χ0v) is 24.0. The number of ketones is 2. The van der Waals surface area contributed by atoms with Crippen molar-refractivity contribution in [3.63, 3.8) is 0 Å². The first kappa shape index (κ1) is 27.4. The molecule has 1 aromatic carbocycles. The number of hydrogen-bond acceptors (Lipinski definition) is 7. The molecule has 7 nitrogen and oxygen atoms in total. The van der Waals surface area contributed by atoms with E-state index in [1.54, 1.807) is 4.90 Å². The summed E-state index contributed by atoms with van der Waals surface area (Å²) in [5.41, 5.74) is 2.44. The van der Waals surface area contributed by atoms with Crippen LogP contribution < -0.4 is 14.6 Å². The summed E-state index contributed by atoms with van der Waals surface area (Å²) in [6.07, 6.45) is 1.69. The summed E-state index contributed by atoms with van der Waals surface area (Å²) < 4.78 is 12.4. The maximum atomic E-state index is 13.8. The van der Waals surface area contributed by atoms with Crippen molar-refractivity contribution < 1.29 is 29.0 Å². The Labute approximate surface area is 227 Å². The lowest BCUT2D eigenvalue weighted by Gasteiger charge is -2.49. The fraction of sp³-hybridized carbons (Fsp3) is 0.552. The number of carboxylic acids is 1. The molecule has 0 aromatic heterocycles. The van der Waals surface area contributed by atoms with Crippen LogP contribution in [0.5, 0.6) is 11.5 Å². The SMILES string of the molecule is CCOc1cc(C2C3=C(CC(C)(C)CC3=O)N(CC(=O)[O-])C3=C2C(=O)CC(C)(C)C3)cc(Br)c1OCC. The van der Waals surface area contributed by atoms with Gasteiger partial charge in [0.15, 0.2) is 23.1 Å². The van der Waals surface area contributed by atoms with E-state index in [0.29, 0.717) is 77.4 Å². The van der Waals surface area contributed by atoms with Gasteiger partial charge in [-0.2, -0.15) is 0 Å². The first-order valence-corrected chi connectivity index (χ1v) is 13.7. The molecule has 0 spiro atoms. The average Bonchev–Trinajstić information content (AvgIpc) is 2.75. The van der Waals surface area contributed by atoms with Gasteiger partial charge in [-0.25, -0.2) is 0 Å². The van der Waals surface area contributed by atoms with Gasteiger partial charge in [-0.15, -0.1) is 0 Å². The number of rotatable bonds is 7. The van der Waals surface area contributed by atoms with Crippen LogP contribution in [0.15, 0.2) is 39.1 Å². The molecule has 0 unspecified atom stereocenters. The maximum Gasteiger partial charge on any atom is 0.175 e. The highest BCUT2D eigenvalue weighted by atomic mass is 79.9. The largest absolute Gasteiger partial charge is 0.548 e. The highest BCUT2D eigenvalue weighted by Crippen LogP contribution is 2.55. The molecule has 0 saturated carbocycles. The van der Waals surface area contributed by atoms with Crippen LogP contribution >= 0.6 is 15.9 Å². The topological polar surface area (TPSA) is 96.0 Å². The van der Waals surface area contributed by atoms with Crippen molar-refractivity contribution in [3.05, 3.63) is 44.7 Å². The molecule has 8 heteroatoms. The van der Waals surface area contributed by atoms with Crippen LogP contribution in [-0.2, 0) is 14.4 Å². The van der Waals surface area contributed by atoms with Crippen LogP contribution in [-0.4, -0.2) is 42.2 Å². The number of halogens is 1. The van der Waals surface area contributed by atoms with E-state index in [1.165, 1.54) is 0 Å². The normalized spacial score (nSPS) is 21.1. The van der Waals surface area contributed by atoms with Crippen LogP contribution in [0.25, 0.3) is 0 Å². The van der Waals surface area contributed by atoms with Crippen molar-refractivity contribution in [3.8, 4) is 11.5 Å². The second-order valence-corrected chi connectivity index (χ2v) is 12.5. The summed E-state index contributed by atoms with van der Waals surface area (Å²) in [6, 6.07) is 3.75. The molecule has 1 heterocycles. The van der Waals surface area contributed by atoms with Crippen LogP contribution in [0.3, 0.4) is 0 Å². The molecule has 0 radical (unpaired) electrons. The zero-order chi connectivity index (χ0) is 27.3. The summed E-state index contributed by atoms with van der Waals surface area (Å²) in [5, 5.41) is 11.9. The maximum absolute atomic E-state index is 13.8. The molecular formula is C29H35BrNO6-. The number of benzene rings is 1. The van der Waals surface area contributed by atoms with Crippen LogP contribution in [0.4, 0.5) is 0 Å². The Morgan fingerprint density at radius 1 is 0.946 bits per heavy atom. The van der Waals surface area contributed by atoms with Gasteiger partial charge >= 0.3 is 0 Å². The first-order chi connectivity index (χ1) is 17.3. The van der Waals surface area contributed by atoms with Crippen molar-refractivity contribution in [2.45, 2.75) is 73.1 Å². The number of carbonyl (C=O) groups is 3. The summed E-state index contributed by atoms with van der Waals surface area (Å²) in [5.74, 6) is -0.883. The predicted octanol–water partition coefficient (Wildman–Crippen LogP) is 4.68. The van der Waals surface area contributed by atoms with Crippen molar-refractivity contribution in [1.29, 1.82) is 0 Å². The minimum Gasteiger partial charge on any atom is -0.548 e. The molecule has 0 atom stereocenters. The summed E-state index contributed by atoms with van der Waals surface area (Å²) in [4.78, 5) is 41.2. The van der Waals surface area contributed by atoms with E-state index in [-0.39, 0.29) is 22.4 Å². The van der Waals surface area contributed by atoms with Gasteiger partial charge in [0.2, 0.25) is 0 Å². The smallest absolute Gasteiger partial charge is 0.175 e. The van der Waals surface area contributed by atoms with Gasteiger partial charge in [0.1, 0.15) is 0 Å². The lowest BCUT2D eigenvalue weighted by molar-refractivity contribution is -0.305. The predicted molar refractivity (Wildman–Crippen MR) is 141 cm³/mol. The molecule has 37 heavy (non-hydrogen) atoms. The third-order valence-electron chi connectivity index (χ3n) is 7.26. The molecule has 200 valence electrons. The quantitative estimate of drug-likeness (QED) is 0.468. The number of carboxylic acid groups (broad SMARTS) is 1. The van der Waals surface area contributed by atoms with E-state index in [2.05, 4.69) is 15.9 Å². The van der Waals surface area contributed by atoms with Gasteiger partial charge < -0.3 is 24.3 Å². The first-order valence-electron chi connectivity index (χ1n) is 12.9. The van der Waals surface area contributed by atoms with Gasteiger partial charge in [-0.1, -0.05) is 27.7 Å². The van der Waals surface area contributed by atoms with Gasteiger partial charge in [0.25, 0.3) is 0 Å². The Bertz CT molecular complexity index is 1170. The third kappa shape index (κ3) is 5.22. The van der Waals surface area contributed by atoms with E-state index >= 15 is 0 Å². The number of nitrogens with zero attached hydrogens (tertiary/aromatic N) is 1. The fourth-order valence-corrected chi connectivity index (χ4v) is 6.58. The standard InChI is InChI=1S/C29H36BrNO6/c1-7-36-22-10-16(9-17(30)27(22)37-8-2)24-25-18(11-28(3,4)13-20(25)32)31(15-23(34)35)19-12-29(5,6)14-21(33)26(19)24/h9-10,24H,7-8,11-15H2,1-6H3,(H,34,35)/p-1. The Kier molecular flexibility index (Phi) is 7.36. The van der Waals surface area contributed by atoms with Crippen molar-refractivity contribution in [2.75, 3.05) is 19.8 Å². The van der Waals surface area contributed by atoms with E-state index in [4.69, 9.17) is 9.47 Å². The molecule has 2 aliphatic carbocycles. The van der Waals surface area contributed by atoms with Crippen molar-refractivity contribution in [2.24, 2.45) is 10.8 Å². The number of Topliss-reactive ketones (excluding diaryl/α,β-unsaturated/α-hetero) is 2. The van der Waals surface area contributed by atoms with Crippen LogP contribution in [0.1, 0.15) is 78.7 Å². The lowest BCUT2D eigenvalue weighted by Crippen LogP contribution is -2.47. The summed E-state index contributed by atoms with van der Waals surface area (Å²) in [7, 11) is 0. The summed E-state index contributed by atoms with van der Waals surface area (Å²) in [6.45, 7) is 12.3. The molecule has 3 aliphatic rings. The average molecular weight is 574 g/mol. The fourth-order valence-electron chi connectivity index (χ4n) is 6.00. The van der Waals surface area contributed by atoms with E-state index in [1.807, 2.05) is 53.7 Å². The lowest BCUT2D eigenvalue weighted by atomic mass is 9.63. The van der Waals surface area contributed by atoms with Gasteiger partial charge in [0.05, 0.1) is 30.2 Å². The minimum atomic E-state index is -1.24. The van der Waals surface area contributed by atoms with Gasteiger partial charge in [-0.05, 0) is 71.1 Å². The molecule has 0 fully saturated rings. The van der Waals surface area contributed by atoms with E-state index in [9.17, 15) is 19.5 Å². The number of hydrogen-bond donors (Lipinski definition) is 0. The second-order valence-electron chi connectivity index (χ2n) is 11.7. The zero-order valence-electron chi connectivity index (χ0n) is 22.5. The highest BCUT2D eigenvalue weighted by molar-refractivity contribution is 9.10. The second kappa shape index (κ2) is 9.93. The van der Waals surface area contributed by atoms with Crippen molar-refractivity contribution >= 4 is 33.5 Å². The molecule has 0 bridgehead atoms. The Morgan fingerprint density at radius 3 is 1.92 bits per heavy atom. The third-order valence-corrected chi connectivity index (χ3v) is 7.85. The highest BCUT2D eigenvalue weighted by Gasteiger charge is 2.49. The molecule has 0 N–H and O–H groups in total. The monoisotopic (exact) mass is 572 g/mol. The van der Waals surface area contributed by atoms with Crippen LogP contribution in [0, 0.1) is 10.8 Å². The Hall–Kier alpha value is -2.61. The number of aliphatic carboxylic acids is 1. The molecular weight excluding hydrogens is 538 g/mol. The molecule has 1 aliphatic heterocycles.